The Kier molecular flexibility index (Phi) is 6.11. The molecule has 0 N–H and O–H groups in total. The van der Waals surface area contributed by atoms with Gasteiger partial charge in [0.25, 0.3) is 0 Å². The summed E-state index contributed by atoms with van der Waals surface area (Å²) in [5.41, 5.74) is 1.70. The van der Waals surface area contributed by atoms with E-state index in [4.69, 9.17) is 18.9 Å². The number of aliphatic imine (C=N–C) groups is 1. The molecule has 2 heterocycles. The maximum absolute atomic E-state index is 10.4. The Morgan fingerprint density at radius 1 is 0.926 bits per heavy atom. The topological polar surface area (TPSA) is 69.6 Å². The van der Waals surface area contributed by atoms with Crippen molar-refractivity contribution < 1.29 is 23.7 Å². The lowest BCUT2D eigenvalue weighted by molar-refractivity contribution is -0.289. The third-order valence-electron chi connectivity index (χ3n) is 4.91. The summed E-state index contributed by atoms with van der Waals surface area (Å²) in [6.45, 7) is 10.7. The second-order valence-electron chi connectivity index (χ2n) is 7.89. The van der Waals surface area contributed by atoms with E-state index in [1.165, 1.54) is 0 Å². The third kappa shape index (κ3) is 5.45. The van der Waals surface area contributed by atoms with Crippen molar-refractivity contribution in [3.05, 3.63) is 29.8 Å². The maximum Gasteiger partial charge on any atom is 0.240 e. The minimum Gasteiger partial charge on any atom is -0.349 e. The fourth-order valence-corrected chi connectivity index (χ4v) is 3.25. The van der Waals surface area contributed by atoms with Crippen molar-refractivity contribution in [1.82, 2.24) is 4.90 Å². The van der Waals surface area contributed by atoms with Gasteiger partial charge in [0.05, 0.1) is 44.2 Å². The first kappa shape index (κ1) is 20.1. The van der Waals surface area contributed by atoms with E-state index >= 15 is 0 Å². The Morgan fingerprint density at radius 3 is 1.78 bits per heavy atom. The molecule has 0 amide bonds. The molecule has 0 bridgehead atoms. The largest absolute Gasteiger partial charge is 0.349 e. The van der Waals surface area contributed by atoms with Crippen LogP contribution in [0.1, 0.15) is 33.3 Å². The Hall–Kier alpha value is -1.60. The monoisotopic (exact) mass is 376 g/mol. The zero-order valence-electron chi connectivity index (χ0n) is 16.4. The van der Waals surface area contributed by atoms with Crippen LogP contribution in [0.2, 0.25) is 0 Å². The van der Waals surface area contributed by atoms with Gasteiger partial charge in [-0.1, -0.05) is 12.1 Å². The molecule has 2 aliphatic rings. The third-order valence-corrected chi connectivity index (χ3v) is 4.91. The van der Waals surface area contributed by atoms with Crippen LogP contribution < -0.4 is 0 Å². The minimum atomic E-state index is -0.557. The van der Waals surface area contributed by atoms with Crippen LogP contribution >= 0.6 is 0 Å². The van der Waals surface area contributed by atoms with Gasteiger partial charge in [0.1, 0.15) is 0 Å². The highest BCUT2D eigenvalue weighted by molar-refractivity contribution is 5.49. The van der Waals surface area contributed by atoms with Crippen LogP contribution in [0.3, 0.4) is 0 Å². The van der Waals surface area contributed by atoms with Gasteiger partial charge in [0.2, 0.25) is 6.08 Å². The van der Waals surface area contributed by atoms with Crippen LogP contribution in [0.15, 0.2) is 29.3 Å². The van der Waals surface area contributed by atoms with Crippen molar-refractivity contribution in [3.8, 4) is 0 Å². The molecule has 0 aromatic heterocycles. The van der Waals surface area contributed by atoms with E-state index in [2.05, 4.69) is 9.89 Å². The number of nitrogens with zero attached hydrogens (tertiary/aromatic N) is 2. The number of hydrogen-bond acceptors (Lipinski definition) is 7. The molecule has 3 rings (SSSR count). The molecule has 2 fully saturated rings. The lowest BCUT2D eigenvalue weighted by atomic mass is 10.1. The van der Waals surface area contributed by atoms with Crippen LogP contribution in [0.25, 0.3) is 0 Å². The van der Waals surface area contributed by atoms with E-state index < -0.39 is 11.6 Å². The summed E-state index contributed by atoms with van der Waals surface area (Å²) < 4.78 is 23.5. The Balaban J connectivity index is 1.74. The van der Waals surface area contributed by atoms with Crippen molar-refractivity contribution >= 4 is 11.8 Å². The summed E-state index contributed by atoms with van der Waals surface area (Å²) in [5, 5.41) is 0. The number of ether oxygens (including phenoxy) is 4. The van der Waals surface area contributed by atoms with Crippen molar-refractivity contribution in [2.45, 2.75) is 57.9 Å². The first-order valence-corrected chi connectivity index (χ1v) is 9.26. The van der Waals surface area contributed by atoms with Crippen molar-refractivity contribution in [3.63, 3.8) is 0 Å². The maximum atomic E-state index is 10.4. The molecule has 1 aromatic rings. The molecule has 0 radical (unpaired) electrons. The van der Waals surface area contributed by atoms with E-state index in [0.29, 0.717) is 38.7 Å². The van der Waals surface area contributed by atoms with Crippen molar-refractivity contribution in [2.24, 2.45) is 4.99 Å². The second-order valence-corrected chi connectivity index (χ2v) is 7.89. The molecular weight excluding hydrogens is 348 g/mol. The van der Waals surface area contributed by atoms with Gasteiger partial charge in [0, 0.05) is 6.54 Å². The van der Waals surface area contributed by atoms with Crippen LogP contribution in [0.4, 0.5) is 5.69 Å². The molecule has 7 nitrogen and oxygen atoms in total. The van der Waals surface area contributed by atoms with Crippen LogP contribution in [-0.4, -0.2) is 61.1 Å². The summed E-state index contributed by atoms with van der Waals surface area (Å²) in [6, 6.07) is 7.75. The molecular formula is C20H28N2O5. The van der Waals surface area contributed by atoms with E-state index in [1.807, 2.05) is 52.0 Å². The summed E-state index contributed by atoms with van der Waals surface area (Å²) in [7, 11) is 0. The molecule has 27 heavy (non-hydrogen) atoms. The molecule has 0 saturated carbocycles. The SMILES string of the molecule is CC1(C)OCC(N(Cc2ccc(N=C=O)cc2)C2COC(C)(C)OC2)CO1. The minimum absolute atomic E-state index is 0.101. The van der Waals surface area contributed by atoms with Gasteiger partial charge < -0.3 is 18.9 Å². The highest BCUT2D eigenvalue weighted by Crippen LogP contribution is 2.27. The number of isocyanates is 1. The van der Waals surface area contributed by atoms with Gasteiger partial charge in [0.15, 0.2) is 11.6 Å². The average molecular weight is 376 g/mol. The number of benzene rings is 1. The molecule has 2 saturated heterocycles. The molecule has 148 valence electrons. The second kappa shape index (κ2) is 8.19. The number of carbonyl (C=O) groups excluding carboxylic acids is 1. The number of hydrogen-bond donors (Lipinski definition) is 0. The first-order chi connectivity index (χ1) is 12.8. The standard InChI is InChI=1S/C20H28N2O5/c1-19(2)24-10-17(11-25-19)22(18-12-26-20(3,4)27-13-18)9-15-5-7-16(8-6-15)21-14-23/h5-8,17-18H,9-13H2,1-4H3. The van der Waals surface area contributed by atoms with E-state index in [-0.39, 0.29) is 12.1 Å². The van der Waals surface area contributed by atoms with Gasteiger partial charge in [-0.25, -0.2) is 4.79 Å². The normalized spacial score (nSPS) is 23.1. The highest BCUT2D eigenvalue weighted by atomic mass is 16.7. The van der Waals surface area contributed by atoms with Gasteiger partial charge in [-0.2, -0.15) is 4.99 Å². The fraction of sp³-hybridized carbons (Fsp3) is 0.650. The molecule has 7 heteroatoms. The van der Waals surface area contributed by atoms with Gasteiger partial charge in [-0.05, 0) is 45.4 Å². The highest BCUT2D eigenvalue weighted by Gasteiger charge is 2.38. The molecule has 2 aliphatic heterocycles. The Bertz CT molecular complexity index is 634. The smallest absolute Gasteiger partial charge is 0.240 e. The Morgan fingerprint density at radius 2 is 1.37 bits per heavy atom. The molecule has 0 unspecified atom stereocenters. The van der Waals surface area contributed by atoms with Crippen LogP contribution in [0, 0.1) is 0 Å². The lowest BCUT2D eigenvalue weighted by Crippen LogP contribution is -2.58. The zero-order valence-corrected chi connectivity index (χ0v) is 16.4. The van der Waals surface area contributed by atoms with E-state index in [9.17, 15) is 4.79 Å². The van der Waals surface area contributed by atoms with Crippen LogP contribution in [0.5, 0.6) is 0 Å². The van der Waals surface area contributed by atoms with Gasteiger partial charge in [-0.15, -0.1) is 0 Å². The average Bonchev–Trinajstić information content (AvgIpc) is 2.62. The summed E-state index contributed by atoms with van der Waals surface area (Å²) in [5.74, 6) is -1.11. The number of rotatable bonds is 5. The molecule has 1 aromatic carbocycles. The first-order valence-electron chi connectivity index (χ1n) is 9.26. The summed E-state index contributed by atoms with van der Waals surface area (Å²) in [4.78, 5) is 16.4. The van der Waals surface area contributed by atoms with E-state index in [0.717, 1.165) is 5.56 Å². The molecule has 0 spiro atoms. The Labute approximate surface area is 160 Å². The predicted molar refractivity (Wildman–Crippen MR) is 99.3 cm³/mol. The fourth-order valence-electron chi connectivity index (χ4n) is 3.25. The van der Waals surface area contributed by atoms with Gasteiger partial charge in [-0.3, -0.25) is 4.90 Å². The zero-order chi connectivity index (χ0) is 19.5. The molecule has 0 atom stereocenters. The molecule has 0 aliphatic carbocycles. The quantitative estimate of drug-likeness (QED) is 0.581. The van der Waals surface area contributed by atoms with Gasteiger partial charge >= 0.3 is 0 Å². The van der Waals surface area contributed by atoms with E-state index in [1.54, 1.807) is 6.08 Å². The summed E-state index contributed by atoms with van der Waals surface area (Å²) >= 11 is 0. The predicted octanol–water partition coefficient (Wildman–Crippen LogP) is 2.76. The van der Waals surface area contributed by atoms with Crippen molar-refractivity contribution in [1.29, 1.82) is 0 Å². The lowest BCUT2D eigenvalue weighted by Gasteiger charge is -2.46. The summed E-state index contributed by atoms with van der Waals surface area (Å²) in [6.07, 6.45) is 1.56. The van der Waals surface area contributed by atoms with Crippen molar-refractivity contribution in [2.75, 3.05) is 26.4 Å². The van der Waals surface area contributed by atoms with Crippen LogP contribution in [-0.2, 0) is 30.3 Å².